The number of ether oxygens (including phenoxy) is 6. The molecule has 3 aliphatic heterocycles. The van der Waals surface area contributed by atoms with Crippen LogP contribution in [-0.4, -0.2) is 197 Å². The van der Waals surface area contributed by atoms with E-state index in [0.29, 0.717) is 0 Å². The highest BCUT2D eigenvalue weighted by atomic mass is 16.8. The Bertz CT molecular complexity index is 1240. The van der Waals surface area contributed by atoms with Gasteiger partial charge in [0.15, 0.2) is 18.9 Å². The molecule has 4 rings (SSSR count). The second-order valence-electron chi connectivity index (χ2n) is 13.5. The summed E-state index contributed by atoms with van der Waals surface area (Å²) in [4.78, 5) is 24.8. The molecule has 19 N–H and O–H groups in total. The standard InChI is InChI=1S/C31H56N8O15/c1-3-5-36-30(47)38-9-14-20(43)22(45)17(39-31(48)37-6-4-2)28(50-14)53-25-15(10-40)51-29(23(25)46)54-26-18(41)11(33)7-12(34)24(26)52-27-16(35)21(44)19(42)13(8-32)49-27/h3-4,11-29,40-46H,1-2,5-10,32-35H2,(H2,36,38,47)(H2,37,39,48)/t11-,12+,13-,14+,15-,16-,17-,18+,19-,20-,21-,22-,23-,24-,25-,26-,27-,28-,29+/m1/s1. The van der Waals surface area contributed by atoms with E-state index in [1.807, 2.05) is 0 Å². The van der Waals surface area contributed by atoms with Gasteiger partial charge < -0.3 is 108 Å². The van der Waals surface area contributed by atoms with Gasteiger partial charge in [-0.1, -0.05) is 12.2 Å². The molecule has 23 nitrogen and oxygen atoms in total. The van der Waals surface area contributed by atoms with Crippen molar-refractivity contribution in [3.05, 3.63) is 25.3 Å². The number of hydrogen-bond donors (Lipinski definition) is 15. The molecule has 4 fully saturated rings. The van der Waals surface area contributed by atoms with E-state index in [4.69, 9.17) is 51.4 Å². The predicted octanol–water partition coefficient (Wildman–Crippen LogP) is -7.84. The van der Waals surface area contributed by atoms with Crippen LogP contribution in [0.1, 0.15) is 6.42 Å². The fourth-order valence-corrected chi connectivity index (χ4v) is 6.63. The third-order valence-electron chi connectivity index (χ3n) is 9.67. The molecule has 0 aromatic heterocycles. The number of carbonyl (C=O) groups excluding carboxylic acids is 2. The molecule has 0 unspecified atom stereocenters. The van der Waals surface area contributed by atoms with E-state index in [0.717, 1.165) is 0 Å². The van der Waals surface area contributed by atoms with Crippen LogP contribution in [0.3, 0.4) is 0 Å². The molecule has 3 heterocycles. The fraction of sp³-hybridized carbons (Fsp3) is 0.806. The summed E-state index contributed by atoms with van der Waals surface area (Å²) in [7, 11) is 0. The fourth-order valence-electron chi connectivity index (χ4n) is 6.63. The summed E-state index contributed by atoms with van der Waals surface area (Å²) >= 11 is 0. The Morgan fingerprint density at radius 2 is 1.24 bits per heavy atom. The van der Waals surface area contributed by atoms with E-state index in [1.165, 1.54) is 12.2 Å². The molecule has 54 heavy (non-hydrogen) atoms. The van der Waals surface area contributed by atoms with Gasteiger partial charge in [0.25, 0.3) is 0 Å². The van der Waals surface area contributed by atoms with Crippen LogP contribution in [0, 0.1) is 0 Å². The van der Waals surface area contributed by atoms with Crippen molar-refractivity contribution in [1.82, 2.24) is 21.3 Å². The van der Waals surface area contributed by atoms with Crippen LogP contribution >= 0.6 is 0 Å². The lowest BCUT2D eigenvalue weighted by atomic mass is 9.84. The largest absolute Gasteiger partial charge is 0.394 e. The van der Waals surface area contributed by atoms with Crippen LogP contribution in [0.25, 0.3) is 0 Å². The number of aliphatic hydroxyl groups excluding tert-OH is 7. The minimum Gasteiger partial charge on any atom is -0.394 e. The molecule has 0 bridgehead atoms. The molecule has 0 aromatic rings. The van der Waals surface area contributed by atoms with Crippen molar-refractivity contribution in [3.63, 3.8) is 0 Å². The van der Waals surface area contributed by atoms with Crippen molar-refractivity contribution < 1.29 is 73.8 Å². The van der Waals surface area contributed by atoms with E-state index in [9.17, 15) is 45.3 Å². The molecule has 3 saturated heterocycles. The van der Waals surface area contributed by atoms with Crippen LogP contribution in [0.15, 0.2) is 25.3 Å². The Labute approximate surface area is 310 Å². The van der Waals surface area contributed by atoms with E-state index < -0.39 is 135 Å². The van der Waals surface area contributed by atoms with Gasteiger partial charge in [0.1, 0.15) is 73.2 Å². The van der Waals surface area contributed by atoms with Crippen molar-refractivity contribution in [2.45, 2.75) is 123 Å². The number of carbonyl (C=O) groups is 2. The first-order valence-electron chi connectivity index (χ1n) is 17.5. The molecule has 0 radical (unpaired) electrons. The summed E-state index contributed by atoms with van der Waals surface area (Å²) in [5.74, 6) is 0. The first-order chi connectivity index (χ1) is 25.7. The van der Waals surface area contributed by atoms with Crippen LogP contribution in [0.5, 0.6) is 0 Å². The molecule has 23 heteroatoms. The van der Waals surface area contributed by atoms with Gasteiger partial charge in [-0.05, 0) is 6.42 Å². The molecule has 19 atom stereocenters. The maximum absolute atomic E-state index is 12.6. The summed E-state index contributed by atoms with van der Waals surface area (Å²) in [5, 5.41) is 85.5. The highest BCUT2D eigenvalue weighted by molar-refractivity contribution is 5.74. The summed E-state index contributed by atoms with van der Waals surface area (Å²) in [6, 6.07) is -6.07. The third kappa shape index (κ3) is 10.2. The molecule has 310 valence electrons. The zero-order valence-corrected chi connectivity index (χ0v) is 29.5. The summed E-state index contributed by atoms with van der Waals surface area (Å²) in [6.45, 7) is 5.90. The van der Waals surface area contributed by atoms with Gasteiger partial charge in [-0.25, -0.2) is 9.59 Å². The van der Waals surface area contributed by atoms with Crippen LogP contribution < -0.4 is 44.2 Å². The molecular formula is C31H56N8O15. The number of rotatable bonds is 15. The van der Waals surface area contributed by atoms with Gasteiger partial charge in [-0.2, -0.15) is 0 Å². The topological polar surface area (TPSA) is 383 Å². The Balaban J connectivity index is 1.54. The highest BCUT2D eigenvalue weighted by Crippen LogP contribution is 2.34. The van der Waals surface area contributed by atoms with Gasteiger partial charge in [-0.15, -0.1) is 13.2 Å². The monoisotopic (exact) mass is 780 g/mol. The predicted molar refractivity (Wildman–Crippen MR) is 183 cm³/mol. The smallest absolute Gasteiger partial charge is 0.315 e. The van der Waals surface area contributed by atoms with E-state index in [-0.39, 0.29) is 32.6 Å². The van der Waals surface area contributed by atoms with Crippen molar-refractivity contribution in [3.8, 4) is 0 Å². The summed E-state index contributed by atoms with van der Waals surface area (Å²) in [6.07, 6.45) is -19.3. The van der Waals surface area contributed by atoms with Gasteiger partial charge in [0.05, 0.1) is 18.8 Å². The molecule has 0 spiro atoms. The van der Waals surface area contributed by atoms with Crippen molar-refractivity contribution >= 4 is 12.1 Å². The normalized spacial score (nSPS) is 43.9. The minimum atomic E-state index is -1.76. The average Bonchev–Trinajstić information content (AvgIpc) is 3.45. The van der Waals surface area contributed by atoms with Gasteiger partial charge >= 0.3 is 12.1 Å². The summed E-state index contributed by atoms with van der Waals surface area (Å²) in [5.41, 5.74) is 24.3. The number of aliphatic hydroxyl groups is 7. The average molecular weight is 781 g/mol. The number of nitrogens with one attached hydrogen (secondary N) is 4. The van der Waals surface area contributed by atoms with Crippen LogP contribution in [0.2, 0.25) is 0 Å². The van der Waals surface area contributed by atoms with Gasteiger partial charge in [0.2, 0.25) is 0 Å². The number of urea groups is 2. The Kier molecular flexibility index (Phi) is 16.3. The van der Waals surface area contributed by atoms with Gasteiger partial charge in [0, 0.05) is 38.3 Å². The lowest BCUT2D eigenvalue weighted by Crippen LogP contribution is -2.68. The first-order valence-corrected chi connectivity index (χ1v) is 17.5. The van der Waals surface area contributed by atoms with Crippen molar-refractivity contribution in [2.24, 2.45) is 22.9 Å². The molecule has 4 aliphatic rings. The number of amides is 4. The molecule has 1 saturated carbocycles. The Morgan fingerprint density at radius 1 is 0.667 bits per heavy atom. The quantitative estimate of drug-likeness (QED) is 0.0686. The summed E-state index contributed by atoms with van der Waals surface area (Å²) < 4.78 is 35.5. The van der Waals surface area contributed by atoms with E-state index in [2.05, 4.69) is 34.4 Å². The van der Waals surface area contributed by atoms with Crippen molar-refractivity contribution in [1.29, 1.82) is 0 Å². The second kappa shape index (κ2) is 20.0. The molecule has 4 amide bonds. The Morgan fingerprint density at radius 3 is 1.87 bits per heavy atom. The minimum absolute atomic E-state index is 0.0339. The maximum Gasteiger partial charge on any atom is 0.315 e. The zero-order chi connectivity index (χ0) is 39.9. The molecular weight excluding hydrogens is 724 g/mol. The maximum atomic E-state index is 12.6. The Hall–Kier alpha value is -2.66. The molecule has 0 aromatic carbocycles. The third-order valence-corrected chi connectivity index (χ3v) is 9.67. The number of hydrogen-bond acceptors (Lipinski definition) is 19. The number of nitrogens with two attached hydrogens (primary N) is 4. The van der Waals surface area contributed by atoms with E-state index >= 15 is 0 Å². The SMILES string of the molecule is C=CCNC(=O)NC[C@@H]1O[C@H](O[C@H]2[C@@H](O)[C@H](O[C@@H]3[C@@H](O)[C@H](N)C[C@H](N)[C@H]3O[C@H]3O[C@H](CN)[C@@H](O)[C@H](O)[C@H]3N)O[C@@H]2CO)[C@H](NC(=O)NCC=C)[C@@H](O)[C@@H]1O. The molecule has 1 aliphatic carbocycles. The lowest BCUT2D eigenvalue weighted by molar-refractivity contribution is -0.307. The lowest BCUT2D eigenvalue weighted by Gasteiger charge is -2.47. The highest BCUT2D eigenvalue weighted by Gasteiger charge is 2.55. The first kappa shape index (κ1) is 44.1. The van der Waals surface area contributed by atoms with Crippen LogP contribution in [0.4, 0.5) is 9.59 Å². The van der Waals surface area contributed by atoms with E-state index in [1.54, 1.807) is 0 Å². The van der Waals surface area contributed by atoms with Crippen molar-refractivity contribution in [2.75, 3.05) is 32.8 Å². The second-order valence-corrected chi connectivity index (χ2v) is 13.5. The van der Waals surface area contributed by atoms with Crippen LogP contribution in [-0.2, 0) is 28.4 Å². The van der Waals surface area contributed by atoms with Gasteiger partial charge in [-0.3, -0.25) is 0 Å². The zero-order valence-electron chi connectivity index (χ0n) is 29.5.